The van der Waals surface area contributed by atoms with E-state index in [2.05, 4.69) is 5.10 Å². The summed E-state index contributed by atoms with van der Waals surface area (Å²) in [5.41, 5.74) is 4.18. The molecule has 1 aromatic heterocycles. The predicted molar refractivity (Wildman–Crippen MR) is 104 cm³/mol. The average Bonchev–Trinajstić information content (AvgIpc) is 2.96. The van der Waals surface area contributed by atoms with Crippen LogP contribution in [0.3, 0.4) is 0 Å². The van der Waals surface area contributed by atoms with Crippen LogP contribution in [-0.4, -0.2) is 62.7 Å². The van der Waals surface area contributed by atoms with Crippen molar-refractivity contribution in [3.05, 3.63) is 52.6 Å². The Labute approximate surface area is 168 Å². The highest BCUT2D eigenvalue weighted by molar-refractivity contribution is 5.78. The van der Waals surface area contributed by atoms with E-state index in [9.17, 15) is 14.0 Å². The number of hydrogen-bond donors (Lipinski definition) is 1. The van der Waals surface area contributed by atoms with Gasteiger partial charge in [-0.15, -0.1) is 0 Å². The molecule has 0 bridgehead atoms. The zero-order valence-corrected chi connectivity index (χ0v) is 16.5. The van der Waals surface area contributed by atoms with Gasteiger partial charge in [-0.1, -0.05) is 12.1 Å². The number of aromatic nitrogens is 2. The average molecular weight is 400 g/mol. The molecule has 3 heterocycles. The molecule has 1 amide bonds. The maximum Gasteiger partial charge on any atom is 0.303 e. The number of aliphatic carboxylic acids is 1. The lowest BCUT2D eigenvalue weighted by Gasteiger charge is -2.39. The normalized spacial score (nSPS) is 17.1. The molecular weight excluding hydrogens is 375 g/mol. The van der Waals surface area contributed by atoms with Gasteiger partial charge in [0.1, 0.15) is 5.82 Å². The molecule has 0 spiro atoms. The molecule has 0 radical (unpaired) electrons. The van der Waals surface area contributed by atoms with Crippen LogP contribution in [0.1, 0.15) is 28.9 Å². The lowest BCUT2D eigenvalue weighted by molar-refractivity contribution is -0.140. The smallest absolute Gasteiger partial charge is 0.303 e. The fraction of sp³-hybridized carbons (Fsp3) is 0.476. The first kappa shape index (κ1) is 19.6. The number of carboxylic acid groups (broad SMARTS) is 1. The van der Waals surface area contributed by atoms with Gasteiger partial charge < -0.3 is 10.0 Å². The van der Waals surface area contributed by atoms with E-state index < -0.39 is 5.97 Å². The zero-order chi connectivity index (χ0) is 20.5. The lowest BCUT2D eigenvalue weighted by Crippen LogP contribution is -2.52. The Morgan fingerprint density at radius 1 is 1.24 bits per heavy atom. The highest BCUT2D eigenvalue weighted by atomic mass is 19.1. The van der Waals surface area contributed by atoms with Crippen molar-refractivity contribution in [3.8, 4) is 0 Å². The number of hydrogen-bond acceptors (Lipinski definition) is 4. The van der Waals surface area contributed by atoms with Gasteiger partial charge in [0.25, 0.3) is 0 Å². The minimum Gasteiger partial charge on any atom is -0.481 e. The van der Waals surface area contributed by atoms with Crippen LogP contribution in [0.4, 0.5) is 4.39 Å². The molecule has 0 atom stereocenters. The summed E-state index contributed by atoms with van der Waals surface area (Å²) in [6.45, 7) is 5.37. The van der Waals surface area contributed by atoms with E-state index in [1.54, 1.807) is 12.1 Å². The first-order valence-corrected chi connectivity index (χ1v) is 9.90. The van der Waals surface area contributed by atoms with Crippen molar-refractivity contribution in [2.75, 3.05) is 26.2 Å². The molecule has 1 N–H and O–H groups in total. The summed E-state index contributed by atoms with van der Waals surface area (Å²) in [4.78, 5) is 27.4. The molecular formula is C21H25FN4O3. The highest BCUT2D eigenvalue weighted by Gasteiger charge is 2.32. The Kier molecular flexibility index (Phi) is 5.36. The van der Waals surface area contributed by atoms with Crippen LogP contribution >= 0.6 is 0 Å². The quantitative estimate of drug-likeness (QED) is 0.798. The zero-order valence-electron chi connectivity index (χ0n) is 16.5. The summed E-state index contributed by atoms with van der Waals surface area (Å²) in [7, 11) is 0. The molecule has 2 aliphatic rings. The number of amides is 1. The molecule has 2 aromatic rings. The molecule has 8 heteroatoms. The van der Waals surface area contributed by atoms with Gasteiger partial charge in [-0.3, -0.25) is 19.2 Å². The summed E-state index contributed by atoms with van der Waals surface area (Å²) >= 11 is 0. The van der Waals surface area contributed by atoms with Gasteiger partial charge in [0, 0.05) is 19.6 Å². The van der Waals surface area contributed by atoms with Crippen molar-refractivity contribution in [2.45, 2.75) is 32.9 Å². The molecule has 7 nitrogen and oxygen atoms in total. The monoisotopic (exact) mass is 400 g/mol. The van der Waals surface area contributed by atoms with Crippen LogP contribution < -0.4 is 0 Å². The summed E-state index contributed by atoms with van der Waals surface area (Å²) < 4.78 is 15.1. The number of likely N-dealkylation sites (tertiary alicyclic amines) is 1. The predicted octanol–water partition coefficient (Wildman–Crippen LogP) is 1.67. The molecule has 0 unspecified atom stereocenters. The molecule has 0 saturated carbocycles. The van der Waals surface area contributed by atoms with Crippen molar-refractivity contribution in [1.29, 1.82) is 0 Å². The summed E-state index contributed by atoms with van der Waals surface area (Å²) in [5, 5.41) is 13.5. The van der Waals surface area contributed by atoms with Crippen LogP contribution in [0.15, 0.2) is 24.3 Å². The number of carbonyl (C=O) groups is 2. The van der Waals surface area contributed by atoms with Gasteiger partial charge >= 0.3 is 5.97 Å². The van der Waals surface area contributed by atoms with Gasteiger partial charge in [-0.2, -0.15) is 5.10 Å². The molecule has 0 aliphatic carbocycles. The number of fused-ring (bicyclic) bond motifs is 1. The second-order valence-electron chi connectivity index (χ2n) is 8.02. The number of benzene rings is 1. The number of nitrogens with zero attached hydrogens (tertiary/aromatic N) is 4. The van der Waals surface area contributed by atoms with E-state index >= 15 is 0 Å². The second kappa shape index (κ2) is 7.94. The second-order valence-corrected chi connectivity index (χ2v) is 8.02. The van der Waals surface area contributed by atoms with Gasteiger partial charge in [0.05, 0.1) is 37.4 Å². The van der Waals surface area contributed by atoms with Crippen LogP contribution in [0, 0.1) is 18.7 Å². The van der Waals surface area contributed by atoms with Gasteiger partial charge in [0.2, 0.25) is 5.91 Å². The van der Waals surface area contributed by atoms with Crippen LogP contribution in [0.2, 0.25) is 0 Å². The number of rotatable bonds is 6. The Bertz CT molecular complexity index is 919. The summed E-state index contributed by atoms with van der Waals surface area (Å²) in [6, 6.07) is 6.39. The third-order valence-electron chi connectivity index (χ3n) is 5.79. The van der Waals surface area contributed by atoms with Gasteiger partial charge in [0.15, 0.2) is 0 Å². The first-order chi connectivity index (χ1) is 13.9. The Hall–Kier alpha value is -2.74. The van der Waals surface area contributed by atoms with E-state index in [1.165, 1.54) is 17.7 Å². The van der Waals surface area contributed by atoms with Crippen LogP contribution in [0.25, 0.3) is 0 Å². The fourth-order valence-corrected chi connectivity index (χ4v) is 4.25. The van der Waals surface area contributed by atoms with Gasteiger partial charge in [-0.05, 0) is 42.5 Å². The maximum absolute atomic E-state index is 13.2. The van der Waals surface area contributed by atoms with Crippen molar-refractivity contribution in [1.82, 2.24) is 19.6 Å². The Morgan fingerprint density at radius 3 is 2.66 bits per heavy atom. The number of aryl methyl sites for hydroxylation is 1. The molecule has 1 aromatic carbocycles. The van der Waals surface area contributed by atoms with Gasteiger partial charge in [-0.25, -0.2) is 4.39 Å². The molecule has 29 heavy (non-hydrogen) atoms. The number of carboxylic acids is 1. The Morgan fingerprint density at radius 2 is 1.97 bits per heavy atom. The van der Waals surface area contributed by atoms with Crippen molar-refractivity contribution < 1.29 is 19.1 Å². The topological polar surface area (TPSA) is 78.7 Å². The third-order valence-corrected chi connectivity index (χ3v) is 5.79. The van der Waals surface area contributed by atoms with E-state index in [4.69, 9.17) is 5.11 Å². The standard InChI is InChI=1S/C21H25FN4O3/c1-14-18-6-7-25(20(27)13-24-9-16(10-24)8-21(28)29)12-19(18)26(23-14)11-15-2-4-17(22)5-3-15/h2-5,16H,6-13H2,1H3,(H,28,29). The molecule has 2 aliphatic heterocycles. The lowest BCUT2D eigenvalue weighted by atomic mass is 9.96. The Balaban J connectivity index is 1.39. The highest BCUT2D eigenvalue weighted by Crippen LogP contribution is 2.24. The summed E-state index contributed by atoms with van der Waals surface area (Å²) in [6.07, 6.45) is 0.942. The third kappa shape index (κ3) is 4.32. The fourth-order valence-electron chi connectivity index (χ4n) is 4.25. The van der Waals surface area contributed by atoms with E-state index in [0.717, 1.165) is 23.4 Å². The SMILES string of the molecule is Cc1nn(Cc2ccc(F)cc2)c2c1CCN(C(=O)CN1CC(CC(=O)O)C1)C2. The largest absolute Gasteiger partial charge is 0.481 e. The van der Waals surface area contributed by atoms with E-state index in [1.807, 2.05) is 21.4 Å². The minimum absolute atomic E-state index is 0.0663. The van der Waals surface area contributed by atoms with E-state index in [-0.39, 0.29) is 24.1 Å². The summed E-state index contributed by atoms with van der Waals surface area (Å²) in [5.74, 6) is -0.834. The number of halogens is 1. The maximum atomic E-state index is 13.2. The number of carbonyl (C=O) groups excluding carboxylic acids is 1. The van der Waals surface area contributed by atoms with Crippen molar-refractivity contribution >= 4 is 11.9 Å². The molecule has 154 valence electrons. The molecule has 4 rings (SSSR count). The van der Waals surface area contributed by atoms with Crippen LogP contribution in [0.5, 0.6) is 0 Å². The first-order valence-electron chi connectivity index (χ1n) is 9.90. The molecule has 1 saturated heterocycles. The van der Waals surface area contributed by atoms with Crippen molar-refractivity contribution in [3.63, 3.8) is 0 Å². The van der Waals surface area contributed by atoms with E-state index in [0.29, 0.717) is 39.3 Å². The molecule has 1 fully saturated rings. The van der Waals surface area contributed by atoms with Crippen molar-refractivity contribution in [2.24, 2.45) is 5.92 Å². The van der Waals surface area contributed by atoms with Crippen LogP contribution in [-0.2, 0) is 29.1 Å². The minimum atomic E-state index is -0.783.